The molecule has 2 saturated heterocycles. The van der Waals surface area contributed by atoms with Gasteiger partial charge in [-0.15, -0.1) is 0 Å². The molecular formula is C15H21FN2O. The van der Waals surface area contributed by atoms with Crippen molar-refractivity contribution in [3.05, 3.63) is 29.6 Å². The molecule has 2 N–H and O–H groups in total. The van der Waals surface area contributed by atoms with E-state index in [-0.39, 0.29) is 11.6 Å². The van der Waals surface area contributed by atoms with Gasteiger partial charge in [0.2, 0.25) is 0 Å². The summed E-state index contributed by atoms with van der Waals surface area (Å²) in [6.45, 7) is 6.09. The summed E-state index contributed by atoms with van der Waals surface area (Å²) in [5.41, 5.74) is 0.700. The van der Waals surface area contributed by atoms with Gasteiger partial charge in [0.1, 0.15) is 11.6 Å². The zero-order valence-electron chi connectivity index (χ0n) is 11.3. The van der Waals surface area contributed by atoms with Crippen LogP contribution in [0.25, 0.3) is 0 Å². The number of rotatable bonds is 3. The first-order valence-electron chi connectivity index (χ1n) is 7.11. The highest BCUT2D eigenvalue weighted by Gasteiger charge is 2.42. The molecule has 1 aromatic rings. The van der Waals surface area contributed by atoms with Crippen LogP contribution >= 0.6 is 0 Å². The van der Waals surface area contributed by atoms with Gasteiger partial charge in [-0.1, -0.05) is 6.92 Å². The molecule has 19 heavy (non-hydrogen) atoms. The summed E-state index contributed by atoms with van der Waals surface area (Å²) in [6.07, 6.45) is 1.11. The Bertz CT molecular complexity index is 465. The van der Waals surface area contributed by atoms with Crippen LogP contribution in [0.1, 0.15) is 18.9 Å². The van der Waals surface area contributed by atoms with Crippen molar-refractivity contribution in [2.24, 2.45) is 11.8 Å². The number of nitrogens with zero attached hydrogens (tertiary/aromatic N) is 1. The molecule has 0 aliphatic carbocycles. The lowest BCUT2D eigenvalue weighted by Crippen LogP contribution is -2.34. The van der Waals surface area contributed by atoms with Gasteiger partial charge >= 0.3 is 0 Å². The van der Waals surface area contributed by atoms with Gasteiger partial charge in [-0.3, -0.25) is 4.90 Å². The predicted octanol–water partition coefficient (Wildman–Crippen LogP) is 1.96. The molecule has 3 unspecified atom stereocenters. The van der Waals surface area contributed by atoms with Crippen molar-refractivity contribution in [1.82, 2.24) is 10.2 Å². The van der Waals surface area contributed by atoms with Gasteiger partial charge in [-0.2, -0.15) is 0 Å². The first-order chi connectivity index (χ1) is 9.19. The number of hydrogen-bond donors (Lipinski definition) is 2. The average Bonchev–Trinajstić information content (AvgIpc) is 2.94. The van der Waals surface area contributed by atoms with Gasteiger partial charge in [0, 0.05) is 24.7 Å². The molecule has 0 amide bonds. The van der Waals surface area contributed by atoms with Crippen molar-refractivity contribution in [1.29, 1.82) is 0 Å². The monoisotopic (exact) mass is 264 g/mol. The third-order valence-electron chi connectivity index (χ3n) is 4.66. The summed E-state index contributed by atoms with van der Waals surface area (Å²) < 4.78 is 13.3. The maximum absolute atomic E-state index is 13.3. The van der Waals surface area contributed by atoms with Gasteiger partial charge in [-0.25, -0.2) is 4.39 Å². The highest BCUT2D eigenvalue weighted by molar-refractivity contribution is 5.32. The summed E-state index contributed by atoms with van der Waals surface area (Å²) in [4.78, 5) is 2.41. The minimum Gasteiger partial charge on any atom is -0.508 e. The zero-order chi connectivity index (χ0) is 13.4. The number of halogens is 1. The van der Waals surface area contributed by atoms with Gasteiger partial charge in [-0.05, 0) is 49.5 Å². The zero-order valence-corrected chi connectivity index (χ0v) is 11.3. The Kier molecular flexibility index (Phi) is 3.46. The standard InChI is InChI=1S/C15H21FN2O/c1-2-14-13-7-17-6-11(13)9-18(14)8-10-5-12(16)3-4-15(10)19/h3-5,11,13-14,17,19H,2,6-9H2,1H3. The Morgan fingerprint density at radius 1 is 1.42 bits per heavy atom. The summed E-state index contributed by atoms with van der Waals surface area (Å²) in [7, 11) is 0. The highest BCUT2D eigenvalue weighted by Crippen LogP contribution is 2.36. The molecule has 3 atom stereocenters. The molecule has 1 aromatic carbocycles. The van der Waals surface area contributed by atoms with Gasteiger partial charge < -0.3 is 10.4 Å². The van der Waals surface area contributed by atoms with Crippen molar-refractivity contribution >= 4 is 0 Å². The van der Waals surface area contributed by atoms with Gasteiger partial charge in [0.05, 0.1) is 0 Å². The lowest BCUT2D eigenvalue weighted by atomic mass is 9.93. The first kappa shape index (κ1) is 12.9. The fourth-order valence-electron chi connectivity index (χ4n) is 3.75. The van der Waals surface area contributed by atoms with Crippen LogP contribution in [0.4, 0.5) is 4.39 Å². The summed E-state index contributed by atoms with van der Waals surface area (Å²) in [5, 5.41) is 13.3. The van der Waals surface area contributed by atoms with Gasteiger partial charge in [0.15, 0.2) is 0 Å². The number of phenols is 1. The van der Waals surface area contributed by atoms with Crippen LogP contribution in [0.15, 0.2) is 18.2 Å². The van der Waals surface area contributed by atoms with E-state index in [0.29, 0.717) is 30.0 Å². The Balaban J connectivity index is 1.77. The quantitative estimate of drug-likeness (QED) is 0.876. The molecule has 2 heterocycles. The molecular weight excluding hydrogens is 243 g/mol. The number of hydrogen-bond acceptors (Lipinski definition) is 3. The van der Waals surface area contributed by atoms with Crippen molar-refractivity contribution in [3.8, 4) is 5.75 Å². The van der Waals surface area contributed by atoms with Crippen LogP contribution in [-0.4, -0.2) is 35.7 Å². The van der Waals surface area contributed by atoms with Crippen LogP contribution in [0.5, 0.6) is 5.75 Å². The largest absolute Gasteiger partial charge is 0.508 e. The van der Waals surface area contributed by atoms with E-state index >= 15 is 0 Å². The number of benzene rings is 1. The average molecular weight is 264 g/mol. The molecule has 0 aromatic heterocycles. The second-order valence-electron chi connectivity index (χ2n) is 5.76. The second kappa shape index (κ2) is 5.10. The minimum absolute atomic E-state index is 0.200. The normalized spacial score (nSPS) is 30.7. The van der Waals surface area contributed by atoms with Crippen LogP contribution in [-0.2, 0) is 6.54 Å². The van der Waals surface area contributed by atoms with Crippen molar-refractivity contribution in [2.45, 2.75) is 25.9 Å². The molecule has 2 aliphatic rings. The first-order valence-corrected chi connectivity index (χ1v) is 7.11. The Hall–Kier alpha value is -1.13. The van der Waals surface area contributed by atoms with Crippen molar-refractivity contribution in [2.75, 3.05) is 19.6 Å². The predicted molar refractivity (Wildman–Crippen MR) is 72.4 cm³/mol. The fraction of sp³-hybridized carbons (Fsp3) is 0.600. The van der Waals surface area contributed by atoms with Crippen molar-refractivity contribution in [3.63, 3.8) is 0 Å². The molecule has 3 nitrogen and oxygen atoms in total. The molecule has 0 spiro atoms. The Morgan fingerprint density at radius 2 is 2.26 bits per heavy atom. The Labute approximate surface area is 113 Å². The lowest BCUT2D eigenvalue weighted by molar-refractivity contribution is 0.208. The van der Waals surface area contributed by atoms with Crippen LogP contribution in [0.2, 0.25) is 0 Å². The van der Waals surface area contributed by atoms with E-state index in [2.05, 4.69) is 17.1 Å². The minimum atomic E-state index is -0.276. The van der Waals surface area contributed by atoms with E-state index in [1.165, 1.54) is 18.2 Å². The maximum Gasteiger partial charge on any atom is 0.123 e. The SMILES string of the molecule is CCC1C2CNCC2CN1Cc1cc(F)ccc1O. The molecule has 4 heteroatoms. The van der Waals surface area contributed by atoms with Gasteiger partial charge in [0.25, 0.3) is 0 Å². The topological polar surface area (TPSA) is 35.5 Å². The summed E-state index contributed by atoms with van der Waals surface area (Å²) in [5.74, 6) is 1.34. The summed E-state index contributed by atoms with van der Waals surface area (Å²) >= 11 is 0. The molecule has 0 radical (unpaired) electrons. The molecule has 3 rings (SSSR count). The molecule has 0 bridgehead atoms. The summed E-state index contributed by atoms with van der Waals surface area (Å²) in [6, 6.07) is 4.75. The van der Waals surface area contributed by atoms with E-state index < -0.39 is 0 Å². The smallest absolute Gasteiger partial charge is 0.123 e. The van der Waals surface area contributed by atoms with E-state index in [0.717, 1.165) is 26.1 Å². The lowest BCUT2D eigenvalue weighted by Gasteiger charge is -2.27. The molecule has 104 valence electrons. The Morgan fingerprint density at radius 3 is 3.05 bits per heavy atom. The number of nitrogens with one attached hydrogen (secondary N) is 1. The van der Waals surface area contributed by atoms with E-state index in [1.807, 2.05) is 0 Å². The molecule has 2 aliphatic heterocycles. The number of likely N-dealkylation sites (tertiary alicyclic amines) is 1. The van der Waals surface area contributed by atoms with Crippen LogP contribution in [0, 0.1) is 17.7 Å². The van der Waals surface area contributed by atoms with E-state index in [1.54, 1.807) is 0 Å². The molecule has 2 fully saturated rings. The second-order valence-corrected chi connectivity index (χ2v) is 5.76. The third kappa shape index (κ3) is 2.35. The van der Waals surface area contributed by atoms with Crippen LogP contribution in [0.3, 0.4) is 0 Å². The number of phenolic OH excluding ortho intramolecular Hbond substituents is 1. The number of fused-ring (bicyclic) bond motifs is 1. The molecule has 0 saturated carbocycles. The fourth-order valence-corrected chi connectivity index (χ4v) is 3.75. The van der Waals surface area contributed by atoms with Crippen molar-refractivity contribution < 1.29 is 9.50 Å². The van der Waals surface area contributed by atoms with E-state index in [9.17, 15) is 9.50 Å². The van der Waals surface area contributed by atoms with Crippen LogP contribution < -0.4 is 5.32 Å². The third-order valence-corrected chi connectivity index (χ3v) is 4.66. The highest BCUT2D eigenvalue weighted by atomic mass is 19.1. The van der Waals surface area contributed by atoms with E-state index in [4.69, 9.17) is 0 Å². The number of aromatic hydroxyl groups is 1. The maximum atomic E-state index is 13.3.